The summed E-state index contributed by atoms with van der Waals surface area (Å²) in [4.78, 5) is 22.4. The molecule has 0 fully saturated rings. The predicted molar refractivity (Wildman–Crippen MR) is 78.5 cm³/mol. The second-order valence-electron chi connectivity index (χ2n) is 5.21. The fourth-order valence-corrected chi connectivity index (χ4v) is 1.69. The Morgan fingerprint density at radius 1 is 1.05 bits per heavy atom. The number of hydrogen-bond acceptors (Lipinski definition) is 4. The average Bonchev–Trinajstić information content (AvgIpc) is 2.39. The Morgan fingerprint density at radius 3 is 2.45 bits per heavy atom. The molecule has 0 saturated carbocycles. The summed E-state index contributed by atoms with van der Waals surface area (Å²) < 4.78 is 9.87. The number of alkyl carbamates (subject to hydrolysis) is 1. The van der Waals surface area contributed by atoms with E-state index in [0.717, 1.165) is 32.1 Å². The van der Waals surface area contributed by atoms with Crippen LogP contribution in [0.15, 0.2) is 0 Å². The van der Waals surface area contributed by atoms with Gasteiger partial charge in [0.1, 0.15) is 0 Å². The molecule has 0 aromatic heterocycles. The van der Waals surface area contributed by atoms with Gasteiger partial charge in [-0.25, -0.2) is 4.79 Å². The Hall–Kier alpha value is -1.26. The molecule has 5 nitrogen and oxygen atoms in total. The number of carbonyl (C=O) groups excluding carboxylic acids is 2. The zero-order chi connectivity index (χ0) is 15.2. The lowest BCUT2D eigenvalue weighted by Crippen LogP contribution is -2.25. The molecule has 1 N–H and O–H groups in total. The van der Waals surface area contributed by atoms with E-state index in [1.807, 2.05) is 0 Å². The first-order chi connectivity index (χ1) is 9.56. The maximum atomic E-state index is 11.4. The van der Waals surface area contributed by atoms with Crippen LogP contribution < -0.4 is 5.32 Å². The van der Waals surface area contributed by atoms with E-state index in [2.05, 4.69) is 19.2 Å². The van der Waals surface area contributed by atoms with E-state index in [1.165, 1.54) is 0 Å². The molecule has 0 heterocycles. The van der Waals surface area contributed by atoms with Gasteiger partial charge in [-0.05, 0) is 38.5 Å². The van der Waals surface area contributed by atoms with Crippen molar-refractivity contribution in [2.24, 2.45) is 5.92 Å². The van der Waals surface area contributed by atoms with Crippen LogP contribution in [0, 0.1) is 5.92 Å². The van der Waals surface area contributed by atoms with Crippen LogP contribution in [0.25, 0.3) is 0 Å². The minimum absolute atomic E-state index is 0.118. The van der Waals surface area contributed by atoms with Crippen LogP contribution in [-0.2, 0) is 14.3 Å². The zero-order valence-electron chi connectivity index (χ0n) is 13.1. The van der Waals surface area contributed by atoms with Crippen LogP contribution in [-0.4, -0.2) is 31.8 Å². The summed E-state index contributed by atoms with van der Waals surface area (Å²) in [6.07, 6.45) is 4.65. The summed E-state index contributed by atoms with van der Waals surface area (Å²) >= 11 is 0. The van der Waals surface area contributed by atoms with Crippen molar-refractivity contribution < 1.29 is 19.1 Å². The van der Waals surface area contributed by atoms with Crippen molar-refractivity contribution in [1.82, 2.24) is 5.32 Å². The summed E-state index contributed by atoms with van der Waals surface area (Å²) in [5.41, 5.74) is 0. The van der Waals surface area contributed by atoms with Gasteiger partial charge in [-0.1, -0.05) is 20.3 Å². The number of nitrogens with one attached hydrogen (secondary N) is 1. The van der Waals surface area contributed by atoms with Gasteiger partial charge in [0.15, 0.2) is 0 Å². The molecule has 0 bridgehead atoms. The number of rotatable bonds is 11. The standard InChI is InChI=1S/C15H29NO4/c1-4-19-15(18)16-11-7-5-6-10-14(17)20-12-8-9-13(2)3/h13H,4-12H2,1-3H3,(H,16,18). The van der Waals surface area contributed by atoms with Gasteiger partial charge in [-0.15, -0.1) is 0 Å². The summed E-state index contributed by atoms with van der Waals surface area (Å²) in [7, 11) is 0. The van der Waals surface area contributed by atoms with Crippen molar-refractivity contribution in [1.29, 1.82) is 0 Å². The van der Waals surface area contributed by atoms with Crippen LogP contribution >= 0.6 is 0 Å². The molecular weight excluding hydrogens is 258 g/mol. The number of carbonyl (C=O) groups is 2. The lowest BCUT2D eigenvalue weighted by Gasteiger charge is -2.07. The highest BCUT2D eigenvalue weighted by atomic mass is 16.5. The van der Waals surface area contributed by atoms with E-state index in [1.54, 1.807) is 6.92 Å². The molecule has 0 spiro atoms. The average molecular weight is 287 g/mol. The monoisotopic (exact) mass is 287 g/mol. The Labute approximate surface area is 122 Å². The van der Waals surface area contributed by atoms with Crippen molar-refractivity contribution in [2.75, 3.05) is 19.8 Å². The third-order valence-electron chi connectivity index (χ3n) is 2.79. The molecule has 118 valence electrons. The molecule has 0 aliphatic rings. The second kappa shape index (κ2) is 12.8. The van der Waals surface area contributed by atoms with Gasteiger partial charge in [0.05, 0.1) is 13.2 Å². The highest BCUT2D eigenvalue weighted by molar-refractivity contribution is 5.69. The van der Waals surface area contributed by atoms with Gasteiger partial charge in [0, 0.05) is 13.0 Å². The minimum Gasteiger partial charge on any atom is -0.466 e. The lowest BCUT2D eigenvalue weighted by atomic mass is 10.1. The third kappa shape index (κ3) is 13.2. The SMILES string of the molecule is CCOC(=O)NCCCCCC(=O)OCCCC(C)C. The molecule has 0 rings (SSSR count). The molecule has 5 heteroatoms. The summed E-state index contributed by atoms with van der Waals surface area (Å²) in [5, 5.41) is 2.65. The first kappa shape index (κ1) is 18.7. The number of hydrogen-bond donors (Lipinski definition) is 1. The summed E-state index contributed by atoms with van der Waals surface area (Å²) in [5.74, 6) is 0.535. The van der Waals surface area contributed by atoms with Gasteiger partial charge in [-0.3, -0.25) is 4.79 Å². The van der Waals surface area contributed by atoms with Crippen LogP contribution in [0.2, 0.25) is 0 Å². The molecule has 0 aliphatic carbocycles. The van der Waals surface area contributed by atoms with Crippen molar-refractivity contribution in [3.8, 4) is 0 Å². The Kier molecular flexibility index (Phi) is 12.0. The van der Waals surface area contributed by atoms with Gasteiger partial charge in [-0.2, -0.15) is 0 Å². The Morgan fingerprint density at radius 2 is 1.80 bits per heavy atom. The first-order valence-electron chi connectivity index (χ1n) is 7.62. The first-order valence-corrected chi connectivity index (χ1v) is 7.62. The molecule has 0 atom stereocenters. The molecule has 1 amide bonds. The highest BCUT2D eigenvalue weighted by Crippen LogP contribution is 2.05. The van der Waals surface area contributed by atoms with Crippen LogP contribution in [0.3, 0.4) is 0 Å². The quantitative estimate of drug-likeness (QED) is 0.468. The maximum absolute atomic E-state index is 11.4. The highest BCUT2D eigenvalue weighted by Gasteiger charge is 2.03. The van der Waals surface area contributed by atoms with Crippen LogP contribution in [0.5, 0.6) is 0 Å². The lowest BCUT2D eigenvalue weighted by molar-refractivity contribution is -0.143. The van der Waals surface area contributed by atoms with Crippen molar-refractivity contribution in [3.63, 3.8) is 0 Å². The maximum Gasteiger partial charge on any atom is 0.407 e. The predicted octanol–water partition coefficient (Wildman–Crippen LogP) is 3.27. The summed E-state index contributed by atoms with van der Waals surface area (Å²) in [6.45, 7) is 7.59. The van der Waals surface area contributed by atoms with Crippen molar-refractivity contribution >= 4 is 12.1 Å². The molecular formula is C15H29NO4. The normalized spacial score (nSPS) is 10.4. The van der Waals surface area contributed by atoms with E-state index >= 15 is 0 Å². The zero-order valence-corrected chi connectivity index (χ0v) is 13.1. The molecule has 0 aromatic rings. The largest absolute Gasteiger partial charge is 0.466 e. The van der Waals surface area contributed by atoms with Crippen LogP contribution in [0.1, 0.15) is 59.3 Å². The van der Waals surface area contributed by atoms with Crippen LogP contribution in [0.4, 0.5) is 4.79 Å². The smallest absolute Gasteiger partial charge is 0.407 e. The molecule has 0 aliphatic heterocycles. The van der Waals surface area contributed by atoms with Gasteiger partial charge < -0.3 is 14.8 Å². The molecule has 20 heavy (non-hydrogen) atoms. The molecule has 0 unspecified atom stereocenters. The van der Waals surface area contributed by atoms with E-state index in [9.17, 15) is 9.59 Å². The minimum atomic E-state index is -0.378. The Bertz CT molecular complexity index is 267. The topological polar surface area (TPSA) is 64.6 Å². The Balaban J connectivity index is 3.29. The van der Waals surface area contributed by atoms with Gasteiger partial charge >= 0.3 is 12.1 Å². The molecule has 0 aromatic carbocycles. The van der Waals surface area contributed by atoms with E-state index in [0.29, 0.717) is 32.1 Å². The second-order valence-corrected chi connectivity index (χ2v) is 5.21. The fourth-order valence-electron chi connectivity index (χ4n) is 1.69. The van der Waals surface area contributed by atoms with Gasteiger partial charge in [0.2, 0.25) is 0 Å². The van der Waals surface area contributed by atoms with E-state index in [-0.39, 0.29) is 12.1 Å². The van der Waals surface area contributed by atoms with Crippen molar-refractivity contribution in [3.05, 3.63) is 0 Å². The fraction of sp³-hybridized carbons (Fsp3) is 0.867. The van der Waals surface area contributed by atoms with E-state index in [4.69, 9.17) is 9.47 Å². The van der Waals surface area contributed by atoms with Gasteiger partial charge in [0.25, 0.3) is 0 Å². The van der Waals surface area contributed by atoms with E-state index < -0.39 is 0 Å². The van der Waals surface area contributed by atoms with Crippen molar-refractivity contribution in [2.45, 2.75) is 59.3 Å². The number of unbranched alkanes of at least 4 members (excludes halogenated alkanes) is 2. The third-order valence-corrected chi connectivity index (χ3v) is 2.79. The number of amides is 1. The summed E-state index contributed by atoms with van der Waals surface area (Å²) in [6, 6.07) is 0. The molecule has 0 radical (unpaired) electrons. The number of ether oxygens (including phenoxy) is 2. The molecule has 0 saturated heterocycles. The number of esters is 1.